The maximum absolute atomic E-state index is 15.6. The third-order valence-corrected chi connectivity index (χ3v) is 15.6. The minimum atomic E-state index is -2.34. The van der Waals surface area contributed by atoms with E-state index in [1.54, 1.807) is 14.0 Å². The number of ether oxygens (including phenoxy) is 5. The maximum atomic E-state index is 15.6. The number of carbonyl (C=O) groups excluding carboxylic acids is 4. The standard InChI is InChI=1S/C50H60N4O10/c1-9-30-21-31-25-49(45(57)61-7,40-34(33-15-12-13-16-37(33)51-40)22-32(41(56)63-11-3)28-53(26-30)27-31)36-23-35-38(24-39(36)60-6)52(5)43-48(35)18-20-54-19-14-17-47(10-2,42(48)54)44(64-29(4)55)50(43,59)46(58)62-8/h12-17,21,23-24,28,31,42-44,51,59H,9-11,18-20,22,25-27H2,1-8H3/b32-28+/t31-,42+,43-,44-,47-,48-,49+,50+/m1/s1. The molecule has 2 bridgehead atoms. The number of methoxy groups -OCH3 is 3. The van der Waals surface area contributed by atoms with Crippen LogP contribution in [0.5, 0.6) is 5.75 Å². The highest BCUT2D eigenvalue weighted by atomic mass is 16.6. The van der Waals surface area contributed by atoms with Crippen LogP contribution in [-0.2, 0) is 55.4 Å². The second-order valence-electron chi connectivity index (χ2n) is 18.5. The quantitative estimate of drug-likeness (QED) is 0.163. The molecule has 2 fully saturated rings. The Morgan fingerprint density at radius 1 is 0.984 bits per heavy atom. The van der Waals surface area contributed by atoms with Crippen molar-refractivity contribution in [2.45, 2.75) is 94.4 Å². The summed E-state index contributed by atoms with van der Waals surface area (Å²) < 4.78 is 29.8. The maximum Gasteiger partial charge on any atom is 0.344 e. The third kappa shape index (κ3) is 5.89. The molecule has 8 atom stereocenters. The molecular weight excluding hydrogens is 817 g/mol. The SMILES string of the molecule is CCOC(=O)/C1=C/N2CC(CC)=C[C@@H](C2)C[C@](C(=O)OC)(c2cc3c(cc2OC)N(C)[C@H]2[C@@](O)(C(=O)OC)[C@H](OC(C)=O)[C@]4(CC)C=CCN5CC[C@]32[C@@H]54)c2[nH]c3ccccc3c2C1. The predicted molar refractivity (Wildman–Crippen MR) is 239 cm³/mol. The van der Waals surface area contributed by atoms with Crippen molar-refractivity contribution in [2.24, 2.45) is 11.3 Å². The van der Waals surface area contributed by atoms with Crippen molar-refractivity contribution in [3.63, 3.8) is 0 Å². The molecule has 1 aliphatic carbocycles. The number of hydrogen-bond donors (Lipinski definition) is 2. The van der Waals surface area contributed by atoms with Crippen LogP contribution in [0.1, 0.15) is 75.8 Å². The first-order valence-electron chi connectivity index (χ1n) is 22.6. The summed E-state index contributed by atoms with van der Waals surface area (Å²) in [5.41, 5.74) is -0.0123. The number of fused-ring (bicyclic) bond motifs is 6. The zero-order chi connectivity index (χ0) is 45.5. The van der Waals surface area contributed by atoms with Gasteiger partial charge in [0, 0.05) is 97.0 Å². The summed E-state index contributed by atoms with van der Waals surface area (Å²) in [6.45, 7) is 9.81. The number of likely N-dealkylation sites (N-methyl/N-ethyl adjacent to an activating group) is 1. The summed E-state index contributed by atoms with van der Waals surface area (Å²) >= 11 is 0. The van der Waals surface area contributed by atoms with Crippen molar-refractivity contribution in [3.8, 4) is 5.75 Å². The molecule has 1 aromatic heterocycles. The van der Waals surface area contributed by atoms with Crippen molar-refractivity contribution in [1.82, 2.24) is 14.8 Å². The molecule has 0 radical (unpaired) electrons. The van der Waals surface area contributed by atoms with E-state index in [4.69, 9.17) is 23.7 Å². The molecule has 0 amide bonds. The van der Waals surface area contributed by atoms with Gasteiger partial charge in [0.25, 0.3) is 0 Å². The van der Waals surface area contributed by atoms with Crippen molar-refractivity contribution >= 4 is 40.5 Å². The van der Waals surface area contributed by atoms with Gasteiger partial charge in [-0.2, -0.15) is 0 Å². The van der Waals surface area contributed by atoms with Crippen molar-refractivity contribution < 1.29 is 48.0 Å². The lowest BCUT2D eigenvalue weighted by atomic mass is 9.47. The molecule has 6 aliphatic rings. The lowest BCUT2D eigenvalue weighted by molar-refractivity contribution is -0.228. The predicted octanol–water partition coefficient (Wildman–Crippen LogP) is 5.24. The van der Waals surface area contributed by atoms with E-state index in [-0.39, 0.29) is 31.4 Å². The first-order valence-corrected chi connectivity index (χ1v) is 22.6. The summed E-state index contributed by atoms with van der Waals surface area (Å²) in [6, 6.07) is 10.5. The fraction of sp³-hybridized carbons (Fsp3) is 0.520. The van der Waals surface area contributed by atoms with E-state index in [9.17, 15) is 19.5 Å². The number of aromatic amines is 1. The normalized spacial score (nSPS) is 32.3. The summed E-state index contributed by atoms with van der Waals surface area (Å²) in [5.74, 6) is -2.25. The molecule has 2 N–H and O–H groups in total. The second-order valence-corrected chi connectivity index (χ2v) is 18.5. The van der Waals surface area contributed by atoms with Crippen molar-refractivity contribution in [3.05, 3.63) is 94.4 Å². The molecule has 3 aromatic rings. The van der Waals surface area contributed by atoms with Gasteiger partial charge in [-0.05, 0) is 68.3 Å². The lowest BCUT2D eigenvalue weighted by Gasteiger charge is -2.63. The highest BCUT2D eigenvalue weighted by Gasteiger charge is 2.80. The van der Waals surface area contributed by atoms with Crippen molar-refractivity contribution in [1.29, 1.82) is 0 Å². The smallest absolute Gasteiger partial charge is 0.344 e. The summed E-state index contributed by atoms with van der Waals surface area (Å²) in [6.07, 6.45) is 9.19. The number of H-pyrrole nitrogens is 1. The van der Waals surface area contributed by atoms with E-state index in [0.29, 0.717) is 67.3 Å². The van der Waals surface area contributed by atoms with Gasteiger partial charge in [-0.15, -0.1) is 0 Å². The molecule has 9 rings (SSSR count). The molecule has 1 saturated heterocycles. The molecule has 1 saturated carbocycles. The number of anilines is 1. The lowest BCUT2D eigenvalue weighted by Crippen LogP contribution is -2.81. The molecule has 1 spiro atoms. The number of aromatic nitrogens is 1. The third-order valence-electron chi connectivity index (χ3n) is 15.6. The molecule has 5 aliphatic heterocycles. The van der Waals surface area contributed by atoms with Crippen molar-refractivity contribution in [2.75, 3.05) is 66.1 Å². The number of aliphatic hydroxyl groups is 1. The number of rotatable bonds is 9. The van der Waals surface area contributed by atoms with Gasteiger partial charge in [0.15, 0.2) is 6.10 Å². The highest BCUT2D eigenvalue weighted by Crippen LogP contribution is 2.68. The fourth-order valence-electron chi connectivity index (χ4n) is 13.4. The molecule has 340 valence electrons. The number of carbonyl (C=O) groups is 4. The van der Waals surface area contributed by atoms with Crippen LogP contribution >= 0.6 is 0 Å². The van der Waals surface area contributed by atoms with Crippen LogP contribution in [0.15, 0.2) is 72.0 Å². The molecule has 14 heteroatoms. The van der Waals surface area contributed by atoms with Crippen LogP contribution in [0.2, 0.25) is 0 Å². The van der Waals surface area contributed by atoms with Gasteiger partial charge in [0.05, 0.1) is 39.6 Å². The van der Waals surface area contributed by atoms with E-state index in [1.165, 1.54) is 26.7 Å². The number of para-hydroxylation sites is 1. The molecule has 2 aromatic carbocycles. The van der Waals surface area contributed by atoms with Gasteiger partial charge in [-0.25, -0.2) is 9.59 Å². The van der Waals surface area contributed by atoms with Gasteiger partial charge < -0.3 is 43.6 Å². The Labute approximate surface area is 374 Å². The van der Waals surface area contributed by atoms with Gasteiger partial charge in [0.2, 0.25) is 5.60 Å². The monoisotopic (exact) mass is 876 g/mol. The summed E-state index contributed by atoms with van der Waals surface area (Å²) in [7, 11) is 6.08. The van der Waals surface area contributed by atoms with Gasteiger partial charge in [0.1, 0.15) is 11.2 Å². The minimum Gasteiger partial charge on any atom is -0.496 e. The number of nitrogens with one attached hydrogen (secondary N) is 1. The van der Waals surface area contributed by atoms with E-state index in [0.717, 1.165) is 28.5 Å². The Kier molecular flexibility index (Phi) is 10.8. The first kappa shape index (κ1) is 43.6. The van der Waals surface area contributed by atoms with E-state index in [2.05, 4.69) is 33.8 Å². The fourth-order valence-corrected chi connectivity index (χ4v) is 13.4. The Morgan fingerprint density at radius 2 is 1.75 bits per heavy atom. The summed E-state index contributed by atoms with van der Waals surface area (Å²) in [5, 5.41) is 14.3. The number of benzene rings is 2. The molecule has 64 heavy (non-hydrogen) atoms. The minimum absolute atomic E-state index is 0.164. The van der Waals surface area contributed by atoms with Gasteiger partial charge >= 0.3 is 23.9 Å². The number of esters is 4. The number of hydrogen-bond acceptors (Lipinski definition) is 13. The Hall–Kier alpha value is -5.60. The Bertz CT molecular complexity index is 2530. The zero-order valence-corrected chi connectivity index (χ0v) is 38.1. The van der Waals surface area contributed by atoms with Crippen LogP contribution in [0.3, 0.4) is 0 Å². The first-order chi connectivity index (χ1) is 30.7. The van der Waals surface area contributed by atoms with Crippen LogP contribution in [0.4, 0.5) is 5.69 Å². The Morgan fingerprint density at radius 3 is 2.44 bits per heavy atom. The average Bonchev–Trinajstić information content (AvgIpc) is 3.95. The highest BCUT2D eigenvalue weighted by molar-refractivity contribution is 5.97. The summed E-state index contributed by atoms with van der Waals surface area (Å²) in [4.78, 5) is 67.3. The topological polar surface area (TPSA) is 160 Å². The van der Waals surface area contributed by atoms with Crippen LogP contribution in [0.25, 0.3) is 10.9 Å². The molecule has 6 heterocycles. The average molecular weight is 877 g/mol. The van der Waals surface area contributed by atoms with E-state index >= 15 is 4.79 Å². The van der Waals surface area contributed by atoms with Gasteiger partial charge in [-0.1, -0.05) is 55.8 Å². The van der Waals surface area contributed by atoms with Crippen LogP contribution in [0, 0.1) is 11.3 Å². The van der Waals surface area contributed by atoms with E-state index in [1.807, 2.05) is 67.6 Å². The van der Waals surface area contributed by atoms with E-state index < -0.39 is 57.9 Å². The molecule has 0 unspecified atom stereocenters. The Balaban J connectivity index is 1.38. The molecule has 14 nitrogen and oxygen atoms in total. The second kappa shape index (κ2) is 15.8. The van der Waals surface area contributed by atoms with Crippen LogP contribution < -0.4 is 9.64 Å². The zero-order valence-electron chi connectivity index (χ0n) is 38.1. The van der Waals surface area contributed by atoms with Crippen LogP contribution in [-0.4, -0.2) is 129 Å². The number of nitrogens with zero attached hydrogens (tertiary/aromatic N) is 3. The van der Waals surface area contributed by atoms with Gasteiger partial charge in [-0.3, -0.25) is 14.5 Å². The largest absolute Gasteiger partial charge is 0.496 e. The molecular formula is C50H60N4O10.